The maximum atomic E-state index is 4.34. The van der Waals surface area contributed by atoms with Crippen LogP contribution in [-0.2, 0) is 6.54 Å². The fraction of sp³-hybridized carbons (Fsp3) is 0.769. The molecule has 17 heavy (non-hydrogen) atoms. The highest BCUT2D eigenvalue weighted by molar-refractivity contribution is 5.43. The molecule has 2 rings (SSSR count). The number of anilines is 1. The molecule has 0 spiro atoms. The second-order valence-electron chi connectivity index (χ2n) is 5.22. The number of nitrogens with zero attached hydrogens (tertiary/aromatic N) is 3. The third-order valence-corrected chi connectivity index (χ3v) is 3.41. The Labute approximate surface area is 104 Å². The normalized spacial score (nSPS) is 20.5. The molecule has 1 fully saturated rings. The Balaban J connectivity index is 1.84. The van der Waals surface area contributed by atoms with Gasteiger partial charge in [-0.2, -0.15) is 5.10 Å². The van der Waals surface area contributed by atoms with Crippen LogP contribution >= 0.6 is 0 Å². The van der Waals surface area contributed by atoms with Gasteiger partial charge in [0.1, 0.15) is 0 Å². The number of hydrogen-bond acceptors (Lipinski definition) is 3. The van der Waals surface area contributed by atoms with Crippen molar-refractivity contribution < 1.29 is 0 Å². The van der Waals surface area contributed by atoms with Crippen molar-refractivity contribution in [3.63, 3.8) is 0 Å². The van der Waals surface area contributed by atoms with Gasteiger partial charge in [0.25, 0.3) is 0 Å². The van der Waals surface area contributed by atoms with Gasteiger partial charge >= 0.3 is 0 Å². The molecule has 1 aliphatic heterocycles. The van der Waals surface area contributed by atoms with E-state index < -0.39 is 0 Å². The van der Waals surface area contributed by atoms with Crippen molar-refractivity contribution in [3.8, 4) is 0 Å². The SMILES string of the molecule is CCn1cc(N2CCC(CNC(C)C)C2)cn1. The van der Waals surface area contributed by atoms with Crippen molar-refractivity contribution in [1.82, 2.24) is 15.1 Å². The number of nitrogens with one attached hydrogen (secondary N) is 1. The summed E-state index contributed by atoms with van der Waals surface area (Å²) in [5.74, 6) is 0.780. The Morgan fingerprint density at radius 2 is 2.35 bits per heavy atom. The summed E-state index contributed by atoms with van der Waals surface area (Å²) in [7, 11) is 0. The summed E-state index contributed by atoms with van der Waals surface area (Å²) in [6.45, 7) is 10.9. The lowest BCUT2D eigenvalue weighted by Gasteiger charge is -2.17. The highest BCUT2D eigenvalue weighted by Gasteiger charge is 2.23. The predicted octanol–water partition coefficient (Wildman–Crippen LogP) is 1.73. The molecule has 4 nitrogen and oxygen atoms in total. The van der Waals surface area contributed by atoms with Gasteiger partial charge in [-0.05, 0) is 25.8 Å². The van der Waals surface area contributed by atoms with Gasteiger partial charge in [-0.25, -0.2) is 0 Å². The van der Waals surface area contributed by atoms with E-state index in [-0.39, 0.29) is 0 Å². The van der Waals surface area contributed by atoms with E-state index in [1.807, 2.05) is 10.9 Å². The van der Waals surface area contributed by atoms with Crippen LogP contribution in [0.2, 0.25) is 0 Å². The first-order valence-corrected chi connectivity index (χ1v) is 6.69. The van der Waals surface area contributed by atoms with Crippen molar-refractivity contribution in [2.75, 3.05) is 24.5 Å². The highest BCUT2D eigenvalue weighted by atomic mass is 15.3. The molecule has 0 aromatic carbocycles. The van der Waals surface area contributed by atoms with Gasteiger partial charge in [-0.1, -0.05) is 13.8 Å². The first-order valence-electron chi connectivity index (χ1n) is 6.69. The molecule has 1 N–H and O–H groups in total. The van der Waals surface area contributed by atoms with E-state index in [1.165, 1.54) is 18.7 Å². The quantitative estimate of drug-likeness (QED) is 0.845. The van der Waals surface area contributed by atoms with Crippen LogP contribution in [0.15, 0.2) is 12.4 Å². The van der Waals surface area contributed by atoms with E-state index in [0.717, 1.165) is 25.6 Å². The monoisotopic (exact) mass is 236 g/mol. The molecule has 1 unspecified atom stereocenters. The van der Waals surface area contributed by atoms with Crippen LogP contribution in [0, 0.1) is 5.92 Å². The molecule has 1 atom stereocenters. The minimum absolute atomic E-state index is 0.590. The van der Waals surface area contributed by atoms with E-state index >= 15 is 0 Å². The van der Waals surface area contributed by atoms with Gasteiger partial charge in [-0.3, -0.25) is 4.68 Å². The molecule has 1 saturated heterocycles. The van der Waals surface area contributed by atoms with Gasteiger partial charge in [-0.15, -0.1) is 0 Å². The molecule has 0 aliphatic carbocycles. The van der Waals surface area contributed by atoms with Crippen molar-refractivity contribution in [2.45, 2.75) is 39.8 Å². The Bertz CT molecular complexity index is 345. The first-order chi connectivity index (χ1) is 8.19. The molecular weight excluding hydrogens is 212 g/mol. The molecule has 0 saturated carbocycles. The van der Waals surface area contributed by atoms with Crippen LogP contribution in [-0.4, -0.2) is 35.5 Å². The van der Waals surface area contributed by atoms with Crippen LogP contribution in [0.5, 0.6) is 0 Å². The Hall–Kier alpha value is -1.03. The molecule has 0 bridgehead atoms. The number of aromatic nitrogens is 2. The van der Waals surface area contributed by atoms with E-state index in [1.54, 1.807) is 0 Å². The molecule has 0 radical (unpaired) electrons. The fourth-order valence-electron chi connectivity index (χ4n) is 2.33. The lowest BCUT2D eigenvalue weighted by Crippen LogP contribution is -2.30. The smallest absolute Gasteiger partial charge is 0.0752 e. The summed E-state index contributed by atoms with van der Waals surface area (Å²) in [6, 6.07) is 0.590. The lowest BCUT2D eigenvalue weighted by molar-refractivity contribution is 0.480. The third kappa shape index (κ3) is 3.22. The molecule has 1 aromatic heterocycles. The zero-order chi connectivity index (χ0) is 12.3. The summed E-state index contributed by atoms with van der Waals surface area (Å²) in [5.41, 5.74) is 1.28. The summed E-state index contributed by atoms with van der Waals surface area (Å²) in [6.07, 6.45) is 5.43. The van der Waals surface area contributed by atoms with Gasteiger partial charge in [0.2, 0.25) is 0 Å². The van der Waals surface area contributed by atoms with E-state index in [9.17, 15) is 0 Å². The minimum atomic E-state index is 0.590. The zero-order valence-electron chi connectivity index (χ0n) is 11.2. The van der Waals surface area contributed by atoms with Crippen molar-refractivity contribution in [2.24, 2.45) is 5.92 Å². The highest BCUT2D eigenvalue weighted by Crippen LogP contribution is 2.22. The van der Waals surface area contributed by atoms with E-state index in [4.69, 9.17) is 0 Å². The minimum Gasteiger partial charge on any atom is -0.369 e. The van der Waals surface area contributed by atoms with Crippen LogP contribution in [0.25, 0.3) is 0 Å². The van der Waals surface area contributed by atoms with Gasteiger partial charge in [0.15, 0.2) is 0 Å². The summed E-state index contributed by atoms with van der Waals surface area (Å²) in [5, 5.41) is 7.87. The Kier molecular flexibility index (Phi) is 4.05. The average molecular weight is 236 g/mol. The van der Waals surface area contributed by atoms with Crippen molar-refractivity contribution in [3.05, 3.63) is 12.4 Å². The molecule has 4 heteroatoms. The maximum Gasteiger partial charge on any atom is 0.0752 e. The Morgan fingerprint density at radius 1 is 1.53 bits per heavy atom. The van der Waals surface area contributed by atoms with Crippen LogP contribution < -0.4 is 10.2 Å². The number of aryl methyl sites for hydroxylation is 1. The van der Waals surface area contributed by atoms with Crippen molar-refractivity contribution in [1.29, 1.82) is 0 Å². The standard InChI is InChI=1S/C13H24N4/c1-4-17-10-13(8-15-17)16-6-5-12(9-16)7-14-11(2)3/h8,10-12,14H,4-7,9H2,1-3H3. The van der Waals surface area contributed by atoms with Crippen LogP contribution in [0.4, 0.5) is 5.69 Å². The summed E-state index contributed by atoms with van der Waals surface area (Å²) < 4.78 is 2.00. The van der Waals surface area contributed by atoms with E-state index in [2.05, 4.69) is 42.3 Å². The lowest BCUT2D eigenvalue weighted by atomic mass is 10.1. The third-order valence-electron chi connectivity index (χ3n) is 3.41. The van der Waals surface area contributed by atoms with Crippen LogP contribution in [0.3, 0.4) is 0 Å². The Morgan fingerprint density at radius 3 is 3.00 bits per heavy atom. The summed E-state index contributed by atoms with van der Waals surface area (Å²) in [4.78, 5) is 2.45. The second kappa shape index (κ2) is 5.54. The molecule has 2 heterocycles. The predicted molar refractivity (Wildman–Crippen MR) is 71.4 cm³/mol. The summed E-state index contributed by atoms with van der Waals surface area (Å²) >= 11 is 0. The molecule has 1 aliphatic rings. The molecule has 0 amide bonds. The molecular formula is C13H24N4. The van der Waals surface area contributed by atoms with Crippen molar-refractivity contribution >= 4 is 5.69 Å². The van der Waals surface area contributed by atoms with Crippen LogP contribution in [0.1, 0.15) is 27.2 Å². The number of rotatable bonds is 5. The first kappa shape index (κ1) is 12.4. The number of hydrogen-bond donors (Lipinski definition) is 1. The zero-order valence-corrected chi connectivity index (χ0v) is 11.2. The second-order valence-corrected chi connectivity index (χ2v) is 5.22. The average Bonchev–Trinajstić information content (AvgIpc) is 2.94. The maximum absolute atomic E-state index is 4.34. The topological polar surface area (TPSA) is 33.1 Å². The largest absolute Gasteiger partial charge is 0.369 e. The molecule has 1 aromatic rings. The van der Waals surface area contributed by atoms with Gasteiger partial charge in [0.05, 0.1) is 11.9 Å². The fourth-order valence-corrected chi connectivity index (χ4v) is 2.33. The molecule has 96 valence electrons. The van der Waals surface area contributed by atoms with Gasteiger partial charge in [0, 0.05) is 31.9 Å². The van der Waals surface area contributed by atoms with Gasteiger partial charge < -0.3 is 10.2 Å². The van der Waals surface area contributed by atoms with E-state index in [0.29, 0.717) is 6.04 Å².